The van der Waals surface area contributed by atoms with Gasteiger partial charge in [-0.25, -0.2) is 0 Å². The van der Waals surface area contributed by atoms with Crippen molar-refractivity contribution in [2.45, 2.75) is 96.5 Å². The molecule has 2 unspecified atom stereocenters. The average molecular weight is 359 g/mol. The predicted molar refractivity (Wildman–Crippen MR) is 105 cm³/mol. The summed E-state index contributed by atoms with van der Waals surface area (Å²) in [4.78, 5) is 12.1. The van der Waals surface area contributed by atoms with Gasteiger partial charge in [-0.15, -0.1) is 0 Å². The number of ether oxygens (including phenoxy) is 1. The van der Waals surface area contributed by atoms with Gasteiger partial charge in [0.05, 0.1) is 0 Å². The fourth-order valence-corrected chi connectivity index (χ4v) is 4.92. The number of hydrogen-bond acceptors (Lipinski definition) is 3. The Bertz CT molecular complexity index is 687. The van der Waals surface area contributed by atoms with E-state index >= 15 is 0 Å². The van der Waals surface area contributed by atoms with Crippen LogP contribution in [0.25, 0.3) is 0 Å². The highest BCUT2D eigenvalue weighted by Gasteiger charge is 2.47. The molecule has 0 saturated heterocycles. The van der Waals surface area contributed by atoms with Gasteiger partial charge in [0.2, 0.25) is 0 Å². The third-order valence-electron chi connectivity index (χ3n) is 6.61. The van der Waals surface area contributed by atoms with E-state index in [9.17, 15) is 9.90 Å². The molecule has 0 spiro atoms. The van der Waals surface area contributed by atoms with Gasteiger partial charge >= 0.3 is 0 Å². The Balaban J connectivity index is 1.99. The van der Waals surface area contributed by atoms with Crippen LogP contribution in [0.2, 0.25) is 0 Å². The number of aromatic hydroxyl groups is 1. The van der Waals surface area contributed by atoms with Crippen molar-refractivity contribution in [1.29, 1.82) is 0 Å². The summed E-state index contributed by atoms with van der Waals surface area (Å²) in [7, 11) is 0. The first kappa shape index (κ1) is 19.3. The minimum absolute atomic E-state index is 0.00554. The molecule has 26 heavy (non-hydrogen) atoms. The Hall–Kier alpha value is -1.51. The molecular formula is C23H34O3. The highest BCUT2D eigenvalue weighted by Crippen LogP contribution is 2.54. The van der Waals surface area contributed by atoms with Gasteiger partial charge in [0.25, 0.3) is 0 Å². The summed E-state index contributed by atoms with van der Waals surface area (Å²) in [5.74, 6) is 1.75. The minimum atomic E-state index is -0.310. The third-order valence-corrected chi connectivity index (χ3v) is 6.61. The summed E-state index contributed by atoms with van der Waals surface area (Å²) in [6.45, 7) is 10.9. The minimum Gasteiger partial charge on any atom is -0.508 e. The zero-order chi connectivity index (χ0) is 19.1. The van der Waals surface area contributed by atoms with Gasteiger partial charge in [-0.05, 0) is 49.8 Å². The standard InChI is InChI=1S/C23H34O3/c1-6-7-8-11-22(2,3)15-12-19(25)21-17-14-16(24)9-10-18(17)23(4,5)26-20(21)13-15/h12-13,17-18,25H,6-11,14H2,1-5H3. The summed E-state index contributed by atoms with van der Waals surface area (Å²) in [5, 5.41) is 10.9. The van der Waals surface area contributed by atoms with Crippen molar-refractivity contribution in [2.75, 3.05) is 0 Å². The first-order valence-corrected chi connectivity index (χ1v) is 10.2. The van der Waals surface area contributed by atoms with Gasteiger partial charge in [0.1, 0.15) is 22.9 Å². The van der Waals surface area contributed by atoms with E-state index in [1.807, 2.05) is 6.07 Å². The van der Waals surface area contributed by atoms with Crippen molar-refractivity contribution in [3.8, 4) is 11.5 Å². The van der Waals surface area contributed by atoms with Crippen LogP contribution >= 0.6 is 0 Å². The Labute approximate surface area is 158 Å². The number of benzene rings is 1. The SMILES string of the molecule is CCCCCC(C)(C)c1cc(O)c2c(c1)OC(C)(C)C1CCC(=O)CC21. The van der Waals surface area contributed by atoms with Crippen LogP contribution in [0.3, 0.4) is 0 Å². The number of rotatable bonds is 5. The molecule has 2 atom stereocenters. The lowest BCUT2D eigenvalue weighted by atomic mass is 9.66. The van der Waals surface area contributed by atoms with Crippen LogP contribution in [0.1, 0.15) is 96.6 Å². The second-order valence-electron chi connectivity index (χ2n) is 9.45. The number of phenolic OH excluding ortho intramolecular Hbond substituents is 1. The Morgan fingerprint density at radius 1 is 1.27 bits per heavy atom. The lowest BCUT2D eigenvalue weighted by Gasteiger charge is -2.47. The Morgan fingerprint density at radius 2 is 2.00 bits per heavy atom. The molecule has 1 aromatic carbocycles. The number of phenols is 1. The maximum Gasteiger partial charge on any atom is 0.133 e. The van der Waals surface area contributed by atoms with Crippen molar-refractivity contribution < 1.29 is 14.6 Å². The van der Waals surface area contributed by atoms with Crippen molar-refractivity contribution in [2.24, 2.45) is 5.92 Å². The van der Waals surface area contributed by atoms with Crippen LogP contribution in [0.15, 0.2) is 12.1 Å². The van der Waals surface area contributed by atoms with Crippen LogP contribution in [0.5, 0.6) is 11.5 Å². The zero-order valence-electron chi connectivity index (χ0n) is 17.0. The second kappa shape index (κ2) is 6.90. The quantitative estimate of drug-likeness (QED) is 0.669. The number of fused-ring (bicyclic) bond motifs is 3. The van der Waals surface area contributed by atoms with E-state index < -0.39 is 0 Å². The van der Waals surface area contributed by atoms with Gasteiger partial charge < -0.3 is 9.84 Å². The van der Waals surface area contributed by atoms with Crippen LogP contribution < -0.4 is 4.74 Å². The average Bonchev–Trinajstić information content (AvgIpc) is 2.53. The van der Waals surface area contributed by atoms with Gasteiger partial charge in [-0.1, -0.05) is 40.0 Å². The largest absolute Gasteiger partial charge is 0.508 e. The molecule has 1 N–H and O–H groups in total. The van der Waals surface area contributed by atoms with E-state index in [-0.39, 0.29) is 22.9 Å². The van der Waals surface area contributed by atoms with E-state index in [4.69, 9.17) is 4.74 Å². The monoisotopic (exact) mass is 358 g/mol. The molecule has 1 saturated carbocycles. The third kappa shape index (κ3) is 3.50. The summed E-state index contributed by atoms with van der Waals surface area (Å²) >= 11 is 0. The summed E-state index contributed by atoms with van der Waals surface area (Å²) in [6.07, 6.45) is 6.72. The highest BCUT2D eigenvalue weighted by molar-refractivity contribution is 5.81. The van der Waals surface area contributed by atoms with Crippen LogP contribution in [-0.2, 0) is 10.2 Å². The number of Topliss-reactive ketones (excluding diaryl/α,β-unsaturated/α-hetero) is 1. The molecule has 144 valence electrons. The molecule has 1 heterocycles. The molecule has 3 rings (SSSR count). The fourth-order valence-electron chi connectivity index (χ4n) is 4.92. The van der Waals surface area contributed by atoms with Crippen molar-refractivity contribution in [3.63, 3.8) is 0 Å². The zero-order valence-corrected chi connectivity index (χ0v) is 17.0. The van der Waals surface area contributed by atoms with Crippen molar-refractivity contribution in [3.05, 3.63) is 23.3 Å². The van der Waals surface area contributed by atoms with Crippen molar-refractivity contribution in [1.82, 2.24) is 0 Å². The molecule has 0 bridgehead atoms. The van der Waals surface area contributed by atoms with E-state index in [0.717, 1.165) is 29.7 Å². The number of unbranched alkanes of at least 4 members (excludes halogenated alkanes) is 2. The molecule has 1 aliphatic carbocycles. The first-order valence-electron chi connectivity index (χ1n) is 10.2. The molecule has 0 aromatic heterocycles. The number of carbonyl (C=O) groups excluding carboxylic acids is 1. The maximum atomic E-state index is 12.1. The number of carbonyl (C=O) groups is 1. The number of ketones is 1. The van der Waals surface area contributed by atoms with Crippen LogP contribution in [0, 0.1) is 5.92 Å². The summed E-state index contributed by atoms with van der Waals surface area (Å²) in [6, 6.07) is 4.04. The summed E-state index contributed by atoms with van der Waals surface area (Å²) < 4.78 is 6.40. The van der Waals surface area contributed by atoms with Crippen LogP contribution in [-0.4, -0.2) is 16.5 Å². The maximum absolute atomic E-state index is 12.1. The van der Waals surface area contributed by atoms with Crippen LogP contribution in [0.4, 0.5) is 0 Å². The normalized spacial score (nSPS) is 24.6. The topological polar surface area (TPSA) is 46.5 Å². The number of hydrogen-bond donors (Lipinski definition) is 1. The van der Waals surface area contributed by atoms with E-state index in [1.165, 1.54) is 19.3 Å². The smallest absolute Gasteiger partial charge is 0.133 e. The molecule has 2 aliphatic rings. The lowest BCUT2D eigenvalue weighted by molar-refractivity contribution is -0.124. The molecule has 0 radical (unpaired) electrons. The second-order valence-corrected chi connectivity index (χ2v) is 9.45. The molecule has 0 amide bonds. The predicted octanol–water partition coefficient (Wildman–Crippen LogP) is 5.87. The van der Waals surface area contributed by atoms with E-state index in [0.29, 0.717) is 24.4 Å². The van der Waals surface area contributed by atoms with E-state index in [2.05, 4.69) is 40.7 Å². The van der Waals surface area contributed by atoms with Crippen molar-refractivity contribution >= 4 is 5.78 Å². The molecule has 1 aliphatic heterocycles. The van der Waals surface area contributed by atoms with Gasteiger partial charge in [0.15, 0.2) is 0 Å². The molecule has 3 heteroatoms. The van der Waals surface area contributed by atoms with Gasteiger partial charge in [-0.3, -0.25) is 4.79 Å². The Morgan fingerprint density at radius 3 is 2.69 bits per heavy atom. The first-order chi connectivity index (χ1) is 12.2. The molecular weight excluding hydrogens is 324 g/mol. The Kier molecular flexibility index (Phi) is 5.11. The molecule has 1 fully saturated rings. The van der Waals surface area contributed by atoms with E-state index in [1.54, 1.807) is 0 Å². The van der Waals surface area contributed by atoms with Gasteiger partial charge in [-0.2, -0.15) is 0 Å². The fraction of sp³-hybridized carbons (Fsp3) is 0.696. The molecule has 3 nitrogen and oxygen atoms in total. The highest BCUT2D eigenvalue weighted by atomic mass is 16.5. The summed E-state index contributed by atoms with van der Waals surface area (Å²) in [5.41, 5.74) is 1.67. The van der Waals surface area contributed by atoms with Gasteiger partial charge in [0, 0.05) is 30.2 Å². The molecule has 1 aromatic rings. The lowest BCUT2D eigenvalue weighted by Crippen LogP contribution is -2.47.